The topological polar surface area (TPSA) is 149 Å². The summed E-state index contributed by atoms with van der Waals surface area (Å²) in [5, 5.41) is 0. The van der Waals surface area contributed by atoms with Crippen molar-refractivity contribution < 1.29 is 40.8 Å². The summed E-state index contributed by atoms with van der Waals surface area (Å²) in [4.78, 5) is 0. The zero-order valence-corrected chi connectivity index (χ0v) is 11.3. The maximum atomic E-state index is 8.74. The molecule has 0 saturated heterocycles. The van der Waals surface area contributed by atoms with Gasteiger partial charge in [-0.25, -0.2) is 0 Å². The Hall–Kier alpha value is 1.56. The summed E-state index contributed by atoms with van der Waals surface area (Å²) >= 11 is 0. The van der Waals surface area contributed by atoms with Gasteiger partial charge in [0, 0.05) is 0 Å². The molecule has 13 heteroatoms. The van der Waals surface area contributed by atoms with Crippen LogP contribution in [0.5, 0.6) is 0 Å². The van der Waals surface area contributed by atoms with E-state index in [1.165, 1.54) is 0 Å². The van der Waals surface area contributed by atoms with Crippen molar-refractivity contribution in [2.24, 2.45) is 0 Å². The Balaban J connectivity index is -0.00000000762. The minimum Gasteiger partial charge on any atom is -1.00 e. The van der Waals surface area contributed by atoms with Crippen LogP contribution in [0.1, 0.15) is 5.71 Å². The van der Waals surface area contributed by atoms with Crippen LogP contribution >= 0.6 is 12.4 Å². The van der Waals surface area contributed by atoms with E-state index in [0.29, 0.717) is 0 Å². The molecule has 0 spiro atoms. The van der Waals surface area contributed by atoms with Crippen LogP contribution < -0.4 is 0 Å². The maximum absolute atomic E-state index is 8.74. The summed E-state index contributed by atoms with van der Waals surface area (Å²) < 4.78 is 63.2. The van der Waals surface area contributed by atoms with E-state index in [4.69, 9.17) is 35.0 Å². The first-order valence-corrected chi connectivity index (χ1v) is 4.19. The van der Waals surface area contributed by atoms with Crippen LogP contribution in [-0.4, -0.2) is 81.2 Å². The quantitative estimate of drug-likeness (QED) is 0.320. The van der Waals surface area contributed by atoms with Crippen molar-refractivity contribution in [2.45, 2.75) is 0 Å². The van der Waals surface area contributed by atoms with Gasteiger partial charge in [0.1, 0.15) is 0 Å². The number of hydrogen-bond donors (Lipinski definition) is 4. The fourth-order valence-corrected chi connectivity index (χ4v) is 0. The molecule has 0 bridgehead atoms. The molecule has 0 aromatic rings. The van der Waals surface area contributed by atoms with Gasteiger partial charge in [-0.1, -0.05) is 0 Å². The Morgan fingerprint density at radius 2 is 0.692 bits per heavy atom. The smallest absolute Gasteiger partial charge is 1.00 e. The molecule has 0 aliphatic carbocycles. The third-order valence-corrected chi connectivity index (χ3v) is 0. The van der Waals surface area contributed by atoms with Gasteiger partial charge < -0.3 is 5.71 Å². The predicted molar refractivity (Wildman–Crippen MR) is 51.6 cm³/mol. The zero-order valence-electron chi connectivity index (χ0n) is 10.1. The predicted octanol–water partition coefficient (Wildman–Crippen LogP) is -1.20. The van der Waals surface area contributed by atoms with E-state index < -0.39 is 20.8 Å². The van der Waals surface area contributed by atoms with Crippen molar-refractivity contribution in [3.05, 3.63) is 0 Å². The van der Waals surface area contributed by atoms with Gasteiger partial charge in [0.05, 0.1) is 0 Å². The molecule has 0 rings (SSSR count). The van der Waals surface area contributed by atoms with Crippen LogP contribution in [0.25, 0.3) is 0 Å². The first-order chi connectivity index (χ1) is 4.00. The first-order valence-electron chi connectivity index (χ1n) is 1.40. The van der Waals surface area contributed by atoms with E-state index in [1.54, 1.807) is 0 Å². The van der Waals surface area contributed by atoms with Crippen molar-refractivity contribution in [3.8, 4) is 0 Å². The SMILES string of the molecule is Cl.O=S(=O)(O)O.O=S(=O)(O)O.[H-].[H-].[H-].[H-].[Mg+2].[Mg+2]. The molecular weight excluding hydrogens is 276 g/mol. The second kappa shape index (κ2) is 11.6. The largest absolute Gasteiger partial charge is 2.00 e. The van der Waals surface area contributed by atoms with Crippen LogP contribution in [0.15, 0.2) is 0 Å². The average Bonchev–Trinajstić information content (AvgIpc) is 1.12. The molecule has 0 unspecified atom stereocenters. The van der Waals surface area contributed by atoms with Crippen molar-refractivity contribution in [3.63, 3.8) is 0 Å². The zero-order chi connectivity index (χ0) is 9.00. The summed E-state index contributed by atoms with van der Waals surface area (Å²) in [5.41, 5.74) is 0. The number of hydrogen-bond acceptors (Lipinski definition) is 4. The van der Waals surface area contributed by atoms with Gasteiger partial charge in [-0.3, -0.25) is 18.2 Å². The molecule has 0 atom stereocenters. The van der Waals surface area contributed by atoms with Crippen molar-refractivity contribution in [1.82, 2.24) is 0 Å². The molecule has 0 amide bonds. The van der Waals surface area contributed by atoms with Crippen LogP contribution in [0.2, 0.25) is 0 Å². The average molecular weight is 285 g/mol. The summed E-state index contributed by atoms with van der Waals surface area (Å²) in [6.45, 7) is 0. The second-order valence-electron chi connectivity index (χ2n) is 0.896. The van der Waals surface area contributed by atoms with Gasteiger partial charge >= 0.3 is 66.9 Å². The van der Waals surface area contributed by atoms with Crippen LogP contribution in [0, 0.1) is 0 Å². The molecule has 80 valence electrons. The third kappa shape index (κ3) is 743. The van der Waals surface area contributed by atoms with E-state index >= 15 is 0 Å². The Morgan fingerprint density at radius 3 is 0.692 bits per heavy atom. The van der Waals surface area contributed by atoms with Crippen LogP contribution in [0.3, 0.4) is 0 Å². The van der Waals surface area contributed by atoms with E-state index in [0.717, 1.165) is 0 Å². The second-order valence-corrected chi connectivity index (χ2v) is 2.69. The normalized spacial score (nSPS) is 8.92. The van der Waals surface area contributed by atoms with E-state index in [-0.39, 0.29) is 64.2 Å². The molecular formula is H9ClMg2O8S2. The molecule has 0 fully saturated rings. The van der Waals surface area contributed by atoms with E-state index in [1.807, 2.05) is 0 Å². The maximum Gasteiger partial charge on any atom is 2.00 e. The Bertz CT molecular complexity index is 230. The molecule has 0 aromatic heterocycles. The molecule has 4 N–H and O–H groups in total. The van der Waals surface area contributed by atoms with Gasteiger partial charge in [-0.05, 0) is 0 Å². The van der Waals surface area contributed by atoms with E-state index in [9.17, 15) is 0 Å². The van der Waals surface area contributed by atoms with E-state index in [2.05, 4.69) is 0 Å². The van der Waals surface area contributed by atoms with Gasteiger partial charge in [-0.15, -0.1) is 12.4 Å². The monoisotopic (exact) mass is 284 g/mol. The standard InChI is InChI=1S/ClH.2Mg.2H2O4S.4H/c;;;2*1-5(2,3)4;;;;/h1H;;;2*(H2,1,2,3,4);;;;/q;2*+2;;;4*-1. The fourth-order valence-electron chi connectivity index (χ4n) is 0. The molecule has 0 radical (unpaired) electrons. The van der Waals surface area contributed by atoms with Crippen LogP contribution in [0.4, 0.5) is 0 Å². The summed E-state index contributed by atoms with van der Waals surface area (Å²) in [6.07, 6.45) is 0. The molecule has 13 heavy (non-hydrogen) atoms. The molecule has 0 heterocycles. The minimum atomic E-state index is -4.67. The first kappa shape index (κ1) is 29.3. The molecule has 0 aliphatic heterocycles. The Morgan fingerprint density at radius 1 is 0.692 bits per heavy atom. The van der Waals surface area contributed by atoms with Crippen molar-refractivity contribution >= 4 is 79.3 Å². The third-order valence-electron chi connectivity index (χ3n) is 0. The molecule has 8 nitrogen and oxygen atoms in total. The van der Waals surface area contributed by atoms with Crippen molar-refractivity contribution in [1.29, 1.82) is 0 Å². The van der Waals surface area contributed by atoms with Crippen LogP contribution in [-0.2, 0) is 20.8 Å². The minimum absolute atomic E-state index is 0. The molecule has 0 aromatic carbocycles. The number of halogens is 1. The molecule has 0 saturated carbocycles. The van der Waals surface area contributed by atoms with Gasteiger partial charge in [-0.2, -0.15) is 16.8 Å². The fraction of sp³-hybridized carbons (Fsp3) is 0. The summed E-state index contributed by atoms with van der Waals surface area (Å²) in [7, 11) is -9.33. The van der Waals surface area contributed by atoms with Gasteiger partial charge in [0.15, 0.2) is 0 Å². The Labute approximate surface area is 119 Å². The summed E-state index contributed by atoms with van der Waals surface area (Å²) in [6, 6.07) is 0. The summed E-state index contributed by atoms with van der Waals surface area (Å²) in [5.74, 6) is 0. The Kier molecular flexibility index (Phi) is 26.2. The van der Waals surface area contributed by atoms with Crippen molar-refractivity contribution in [2.75, 3.05) is 0 Å². The molecule has 0 aliphatic rings. The van der Waals surface area contributed by atoms with Gasteiger partial charge in [0.25, 0.3) is 0 Å². The van der Waals surface area contributed by atoms with Gasteiger partial charge in [0.2, 0.25) is 0 Å². The number of rotatable bonds is 0.